The Morgan fingerprint density at radius 1 is 1.16 bits per heavy atom. The third kappa shape index (κ3) is 3.89. The van der Waals surface area contributed by atoms with Gasteiger partial charge in [-0.2, -0.15) is 0 Å². The molecule has 1 aliphatic carbocycles. The van der Waals surface area contributed by atoms with Gasteiger partial charge in [0.25, 0.3) is 0 Å². The van der Waals surface area contributed by atoms with Crippen molar-refractivity contribution in [2.75, 3.05) is 26.1 Å². The van der Waals surface area contributed by atoms with Crippen LogP contribution in [0.2, 0.25) is 0 Å². The van der Waals surface area contributed by atoms with Gasteiger partial charge in [-0.1, -0.05) is 19.3 Å². The van der Waals surface area contributed by atoms with Gasteiger partial charge in [-0.3, -0.25) is 9.59 Å². The lowest BCUT2D eigenvalue weighted by Gasteiger charge is -2.31. The fourth-order valence-electron chi connectivity index (χ4n) is 3.79. The summed E-state index contributed by atoms with van der Waals surface area (Å²) in [6.07, 6.45) is 6.02. The van der Waals surface area contributed by atoms with Crippen LogP contribution in [0.15, 0.2) is 18.2 Å². The highest BCUT2D eigenvalue weighted by Gasteiger charge is 2.38. The van der Waals surface area contributed by atoms with Crippen molar-refractivity contribution in [3.8, 4) is 11.5 Å². The monoisotopic (exact) mass is 346 g/mol. The number of benzene rings is 1. The molecule has 6 nitrogen and oxygen atoms in total. The van der Waals surface area contributed by atoms with Gasteiger partial charge in [0.05, 0.1) is 25.8 Å². The van der Waals surface area contributed by atoms with Crippen molar-refractivity contribution >= 4 is 17.5 Å². The molecule has 1 aliphatic heterocycles. The smallest absolute Gasteiger partial charge is 0.229 e. The molecule has 0 spiro atoms. The van der Waals surface area contributed by atoms with Crippen LogP contribution < -0.4 is 14.8 Å². The molecule has 1 aromatic carbocycles. The number of methoxy groups -OCH3 is 2. The van der Waals surface area contributed by atoms with E-state index in [1.165, 1.54) is 19.3 Å². The predicted molar refractivity (Wildman–Crippen MR) is 94.9 cm³/mol. The number of hydrogen-bond acceptors (Lipinski definition) is 4. The molecular weight excluding hydrogens is 320 g/mol. The average Bonchev–Trinajstić information content (AvgIpc) is 3.04. The van der Waals surface area contributed by atoms with Crippen molar-refractivity contribution in [2.24, 2.45) is 5.92 Å². The molecule has 2 amide bonds. The molecule has 1 saturated heterocycles. The number of likely N-dealkylation sites (tertiary alicyclic amines) is 1. The Hall–Kier alpha value is -2.24. The van der Waals surface area contributed by atoms with Gasteiger partial charge in [0.15, 0.2) is 0 Å². The molecule has 0 bridgehead atoms. The van der Waals surface area contributed by atoms with E-state index in [0.29, 0.717) is 36.2 Å². The molecule has 1 saturated carbocycles. The Morgan fingerprint density at radius 2 is 1.92 bits per heavy atom. The van der Waals surface area contributed by atoms with Crippen molar-refractivity contribution in [3.05, 3.63) is 18.2 Å². The molecule has 6 heteroatoms. The van der Waals surface area contributed by atoms with E-state index in [9.17, 15) is 9.59 Å². The summed E-state index contributed by atoms with van der Waals surface area (Å²) in [5.41, 5.74) is 0.594. The molecule has 25 heavy (non-hydrogen) atoms. The van der Waals surface area contributed by atoms with Crippen LogP contribution in [-0.4, -0.2) is 43.5 Å². The summed E-state index contributed by atoms with van der Waals surface area (Å²) in [6, 6.07) is 5.57. The Morgan fingerprint density at radius 3 is 2.60 bits per heavy atom. The number of carbonyl (C=O) groups is 2. The molecule has 1 N–H and O–H groups in total. The van der Waals surface area contributed by atoms with Crippen LogP contribution in [0.4, 0.5) is 5.69 Å². The predicted octanol–water partition coefficient (Wildman–Crippen LogP) is 2.82. The van der Waals surface area contributed by atoms with Crippen LogP contribution in [0.1, 0.15) is 38.5 Å². The topological polar surface area (TPSA) is 67.9 Å². The minimum atomic E-state index is -0.304. The van der Waals surface area contributed by atoms with Crippen molar-refractivity contribution in [3.63, 3.8) is 0 Å². The Kier molecular flexibility index (Phi) is 5.46. The maximum absolute atomic E-state index is 12.6. The molecule has 1 heterocycles. The number of anilines is 1. The molecule has 1 aromatic rings. The van der Waals surface area contributed by atoms with E-state index >= 15 is 0 Å². The summed E-state index contributed by atoms with van der Waals surface area (Å²) < 4.78 is 10.5. The van der Waals surface area contributed by atoms with Crippen LogP contribution in [0.5, 0.6) is 11.5 Å². The van der Waals surface area contributed by atoms with E-state index in [0.717, 1.165) is 12.8 Å². The van der Waals surface area contributed by atoms with Crippen LogP contribution in [0, 0.1) is 5.92 Å². The molecule has 0 aromatic heterocycles. The summed E-state index contributed by atoms with van der Waals surface area (Å²) >= 11 is 0. The third-order valence-electron chi connectivity index (χ3n) is 5.21. The number of nitrogens with zero attached hydrogens (tertiary/aromatic N) is 1. The van der Waals surface area contributed by atoms with Gasteiger partial charge in [0.1, 0.15) is 11.5 Å². The van der Waals surface area contributed by atoms with Crippen molar-refractivity contribution in [1.82, 2.24) is 4.90 Å². The first-order chi connectivity index (χ1) is 12.1. The number of rotatable bonds is 5. The molecule has 2 aliphatic rings. The van der Waals surface area contributed by atoms with Crippen molar-refractivity contribution in [1.29, 1.82) is 0 Å². The van der Waals surface area contributed by atoms with E-state index in [-0.39, 0.29) is 17.7 Å². The molecule has 2 fully saturated rings. The highest BCUT2D eigenvalue weighted by atomic mass is 16.5. The van der Waals surface area contributed by atoms with Gasteiger partial charge in [-0.15, -0.1) is 0 Å². The van der Waals surface area contributed by atoms with Crippen LogP contribution in [0.3, 0.4) is 0 Å². The SMILES string of the molecule is COc1ccc(NC(=O)C2CC(=O)N(C3CCCCC3)C2)c(OC)c1. The second kappa shape index (κ2) is 7.76. The number of carbonyl (C=O) groups excluding carboxylic acids is 2. The standard InChI is InChI=1S/C19H26N2O4/c1-24-15-8-9-16(17(11-15)25-2)20-19(23)13-10-18(22)21(12-13)14-6-4-3-5-7-14/h8-9,11,13-14H,3-7,10,12H2,1-2H3,(H,20,23). The molecule has 1 unspecified atom stereocenters. The number of hydrogen-bond donors (Lipinski definition) is 1. The Balaban J connectivity index is 1.65. The normalized spacial score (nSPS) is 21.3. The summed E-state index contributed by atoms with van der Waals surface area (Å²) in [5.74, 6) is 0.876. The first-order valence-electron chi connectivity index (χ1n) is 8.94. The van der Waals surface area contributed by atoms with Crippen LogP contribution in [0.25, 0.3) is 0 Å². The summed E-state index contributed by atoms with van der Waals surface area (Å²) in [7, 11) is 3.13. The quantitative estimate of drug-likeness (QED) is 0.890. The van der Waals surface area contributed by atoms with Crippen molar-refractivity contribution < 1.29 is 19.1 Å². The summed E-state index contributed by atoms with van der Waals surface area (Å²) in [5, 5.41) is 2.90. The van der Waals surface area contributed by atoms with Gasteiger partial charge in [0, 0.05) is 25.1 Å². The van der Waals surface area contributed by atoms with Gasteiger partial charge < -0.3 is 19.7 Å². The zero-order valence-corrected chi connectivity index (χ0v) is 14.9. The number of nitrogens with one attached hydrogen (secondary N) is 1. The largest absolute Gasteiger partial charge is 0.497 e. The second-order valence-corrected chi connectivity index (χ2v) is 6.79. The van der Waals surface area contributed by atoms with E-state index in [1.807, 2.05) is 4.90 Å². The lowest BCUT2D eigenvalue weighted by Crippen LogP contribution is -2.38. The van der Waals surface area contributed by atoms with Gasteiger partial charge >= 0.3 is 0 Å². The van der Waals surface area contributed by atoms with E-state index in [2.05, 4.69) is 5.32 Å². The van der Waals surface area contributed by atoms with Crippen LogP contribution >= 0.6 is 0 Å². The maximum Gasteiger partial charge on any atom is 0.229 e. The van der Waals surface area contributed by atoms with E-state index in [1.54, 1.807) is 32.4 Å². The minimum Gasteiger partial charge on any atom is -0.497 e. The molecule has 3 rings (SSSR count). The zero-order chi connectivity index (χ0) is 17.8. The number of amides is 2. The molecule has 1 atom stereocenters. The van der Waals surface area contributed by atoms with Gasteiger partial charge in [-0.05, 0) is 25.0 Å². The lowest BCUT2D eigenvalue weighted by molar-refractivity contribution is -0.130. The fourth-order valence-corrected chi connectivity index (χ4v) is 3.79. The van der Waals surface area contributed by atoms with E-state index < -0.39 is 0 Å². The van der Waals surface area contributed by atoms with Crippen molar-refractivity contribution in [2.45, 2.75) is 44.6 Å². The second-order valence-electron chi connectivity index (χ2n) is 6.79. The Bertz CT molecular complexity index is 640. The minimum absolute atomic E-state index is 0.105. The van der Waals surface area contributed by atoms with Gasteiger partial charge in [0.2, 0.25) is 11.8 Å². The number of ether oxygens (including phenoxy) is 2. The highest BCUT2D eigenvalue weighted by molar-refractivity contribution is 5.98. The highest BCUT2D eigenvalue weighted by Crippen LogP contribution is 2.32. The fraction of sp³-hybridized carbons (Fsp3) is 0.579. The third-order valence-corrected chi connectivity index (χ3v) is 5.21. The van der Waals surface area contributed by atoms with E-state index in [4.69, 9.17) is 9.47 Å². The first kappa shape index (κ1) is 17.6. The molecule has 136 valence electrons. The summed E-state index contributed by atoms with van der Waals surface area (Å²) in [4.78, 5) is 26.9. The zero-order valence-electron chi connectivity index (χ0n) is 14.9. The maximum atomic E-state index is 12.6. The lowest BCUT2D eigenvalue weighted by atomic mass is 9.94. The first-order valence-corrected chi connectivity index (χ1v) is 8.94. The van der Waals surface area contributed by atoms with Gasteiger partial charge in [-0.25, -0.2) is 0 Å². The Labute approximate surface area is 148 Å². The molecular formula is C19H26N2O4. The average molecular weight is 346 g/mol. The molecule has 0 radical (unpaired) electrons. The van der Waals surface area contributed by atoms with Crippen LogP contribution in [-0.2, 0) is 9.59 Å². The summed E-state index contributed by atoms with van der Waals surface area (Å²) in [6.45, 7) is 0.522.